The molecule has 0 spiro atoms. The van der Waals surface area contributed by atoms with E-state index in [1.807, 2.05) is 7.05 Å². The van der Waals surface area contributed by atoms with E-state index >= 15 is 0 Å². The Hall–Kier alpha value is -1.52. The number of aryl methyl sites for hydroxylation is 1. The van der Waals surface area contributed by atoms with Crippen molar-refractivity contribution in [1.82, 2.24) is 9.78 Å². The molecule has 0 saturated heterocycles. The first-order valence-corrected chi connectivity index (χ1v) is 6.57. The molecule has 0 N–H and O–H groups in total. The fourth-order valence-corrected chi connectivity index (χ4v) is 2.31. The lowest BCUT2D eigenvalue weighted by atomic mass is 9.90. The van der Waals surface area contributed by atoms with Gasteiger partial charge in [-0.15, -0.1) is 0 Å². The first kappa shape index (κ1) is 12.9. The van der Waals surface area contributed by atoms with Gasteiger partial charge in [-0.05, 0) is 18.8 Å². The van der Waals surface area contributed by atoms with Crippen LogP contribution in [0.3, 0.4) is 0 Å². The predicted octanol–water partition coefficient (Wildman–Crippen LogP) is 2.57. The molecule has 100 valence electrons. The SMILES string of the molecule is CN(C(=O)OCC1CCCCC1)c1ccn(C)n1. The van der Waals surface area contributed by atoms with Crippen LogP contribution in [0.2, 0.25) is 0 Å². The first-order valence-electron chi connectivity index (χ1n) is 6.57. The fourth-order valence-electron chi connectivity index (χ4n) is 2.31. The van der Waals surface area contributed by atoms with Crippen molar-refractivity contribution in [2.75, 3.05) is 18.6 Å². The normalized spacial score (nSPS) is 16.6. The molecule has 1 fully saturated rings. The molecule has 1 heterocycles. The van der Waals surface area contributed by atoms with E-state index in [-0.39, 0.29) is 6.09 Å². The number of carbonyl (C=O) groups excluding carboxylic acids is 1. The molecule has 0 aliphatic heterocycles. The van der Waals surface area contributed by atoms with E-state index in [9.17, 15) is 4.79 Å². The van der Waals surface area contributed by atoms with Gasteiger partial charge in [0.1, 0.15) is 0 Å². The van der Waals surface area contributed by atoms with Gasteiger partial charge in [0.05, 0.1) is 6.61 Å². The van der Waals surface area contributed by atoms with E-state index in [0.29, 0.717) is 18.3 Å². The number of nitrogens with zero attached hydrogens (tertiary/aromatic N) is 3. The van der Waals surface area contributed by atoms with Gasteiger partial charge in [0, 0.05) is 26.4 Å². The van der Waals surface area contributed by atoms with E-state index in [4.69, 9.17) is 4.74 Å². The van der Waals surface area contributed by atoms with Crippen LogP contribution in [0.15, 0.2) is 12.3 Å². The second-order valence-electron chi connectivity index (χ2n) is 4.99. The standard InChI is InChI=1S/C13H21N3O2/c1-15-9-8-12(14-15)16(2)13(17)18-10-11-6-4-3-5-7-11/h8-9,11H,3-7,10H2,1-2H3. The number of carbonyl (C=O) groups is 1. The molecule has 2 rings (SSSR count). The van der Waals surface area contributed by atoms with Crippen molar-refractivity contribution >= 4 is 11.9 Å². The Labute approximate surface area is 108 Å². The van der Waals surface area contributed by atoms with E-state index in [1.165, 1.54) is 37.0 Å². The third kappa shape index (κ3) is 3.24. The molecule has 1 amide bonds. The van der Waals surface area contributed by atoms with Gasteiger partial charge in [0.15, 0.2) is 5.82 Å². The Morgan fingerprint density at radius 3 is 2.83 bits per heavy atom. The highest BCUT2D eigenvalue weighted by atomic mass is 16.6. The monoisotopic (exact) mass is 251 g/mol. The molecule has 1 aliphatic carbocycles. The van der Waals surface area contributed by atoms with E-state index in [1.54, 1.807) is 24.0 Å². The molecule has 0 radical (unpaired) electrons. The molecule has 1 aliphatic rings. The van der Waals surface area contributed by atoms with Crippen LogP contribution in [-0.4, -0.2) is 29.5 Å². The molecule has 1 saturated carbocycles. The van der Waals surface area contributed by atoms with Crippen molar-refractivity contribution < 1.29 is 9.53 Å². The molecular formula is C13H21N3O2. The first-order chi connectivity index (χ1) is 8.66. The van der Waals surface area contributed by atoms with Crippen LogP contribution < -0.4 is 4.90 Å². The van der Waals surface area contributed by atoms with Gasteiger partial charge >= 0.3 is 6.09 Å². The second-order valence-corrected chi connectivity index (χ2v) is 4.99. The Bertz CT molecular complexity index is 397. The van der Waals surface area contributed by atoms with Crippen LogP contribution in [0.5, 0.6) is 0 Å². The van der Waals surface area contributed by atoms with Crippen molar-refractivity contribution in [3.63, 3.8) is 0 Å². The van der Waals surface area contributed by atoms with Crippen LogP contribution in [0.1, 0.15) is 32.1 Å². The van der Waals surface area contributed by atoms with Crippen LogP contribution in [0.4, 0.5) is 10.6 Å². The van der Waals surface area contributed by atoms with Crippen molar-refractivity contribution in [3.05, 3.63) is 12.3 Å². The van der Waals surface area contributed by atoms with Gasteiger partial charge in [0.25, 0.3) is 0 Å². The van der Waals surface area contributed by atoms with Gasteiger partial charge in [-0.3, -0.25) is 9.58 Å². The minimum absolute atomic E-state index is 0.320. The van der Waals surface area contributed by atoms with E-state index < -0.39 is 0 Å². The zero-order valence-electron chi connectivity index (χ0n) is 11.1. The molecule has 0 aromatic carbocycles. The lowest BCUT2D eigenvalue weighted by molar-refractivity contribution is 0.123. The molecule has 0 bridgehead atoms. The second kappa shape index (κ2) is 5.89. The number of hydrogen-bond acceptors (Lipinski definition) is 3. The molecule has 0 unspecified atom stereocenters. The van der Waals surface area contributed by atoms with Gasteiger partial charge < -0.3 is 4.74 Å². The van der Waals surface area contributed by atoms with Crippen LogP contribution in [-0.2, 0) is 11.8 Å². The summed E-state index contributed by atoms with van der Waals surface area (Å²) in [7, 11) is 3.51. The molecule has 1 aromatic rings. The quantitative estimate of drug-likeness (QED) is 0.829. The molecule has 18 heavy (non-hydrogen) atoms. The maximum Gasteiger partial charge on any atom is 0.415 e. The summed E-state index contributed by atoms with van der Waals surface area (Å²) in [5.74, 6) is 1.16. The van der Waals surface area contributed by atoms with Crippen molar-refractivity contribution in [3.8, 4) is 0 Å². The lowest BCUT2D eigenvalue weighted by Crippen LogP contribution is -2.29. The average molecular weight is 251 g/mol. The number of aromatic nitrogens is 2. The number of rotatable bonds is 3. The number of amides is 1. The maximum atomic E-state index is 11.8. The minimum Gasteiger partial charge on any atom is -0.449 e. The van der Waals surface area contributed by atoms with E-state index in [2.05, 4.69) is 5.10 Å². The summed E-state index contributed by atoms with van der Waals surface area (Å²) in [6.07, 6.45) is 7.69. The largest absolute Gasteiger partial charge is 0.449 e. The van der Waals surface area contributed by atoms with Crippen molar-refractivity contribution in [2.45, 2.75) is 32.1 Å². The number of anilines is 1. The Kier molecular flexibility index (Phi) is 4.23. The smallest absolute Gasteiger partial charge is 0.415 e. The highest BCUT2D eigenvalue weighted by Gasteiger charge is 2.18. The average Bonchev–Trinajstić information content (AvgIpc) is 2.83. The zero-order chi connectivity index (χ0) is 13.0. The van der Waals surface area contributed by atoms with Crippen LogP contribution >= 0.6 is 0 Å². The molecular weight excluding hydrogens is 230 g/mol. The topological polar surface area (TPSA) is 47.4 Å². The molecule has 0 atom stereocenters. The number of ether oxygens (including phenoxy) is 1. The van der Waals surface area contributed by atoms with Gasteiger partial charge in [0.2, 0.25) is 0 Å². The highest BCUT2D eigenvalue weighted by Crippen LogP contribution is 2.24. The van der Waals surface area contributed by atoms with Gasteiger partial charge in [-0.2, -0.15) is 5.10 Å². The molecule has 5 heteroatoms. The highest BCUT2D eigenvalue weighted by molar-refractivity contribution is 5.85. The predicted molar refractivity (Wildman–Crippen MR) is 69.5 cm³/mol. The lowest BCUT2D eigenvalue weighted by Gasteiger charge is -2.22. The third-order valence-electron chi connectivity index (χ3n) is 3.48. The Morgan fingerprint density at radius 1 is 1.50 bits per heavy atom. The molecule has 5 nitrogen and oxygen atoms in total. The fraction of sp³-hybridized carbons (Fsp3) is 0.692. The van der Waals surface area contributed by atoms with Crippen molar-refractivity contribution in [1.29, 1.82) is 0 Å². The summed E-state index contributed by atoms with van der Waals surface area (Å²) in [5, 5.41) is 4.17. The van der Waals surface area contributed by atoms with Gasteiger partial charge in [-0.1, -0.05) is 19.3 Å². The minimum atomic E-state index is -0.320. The number of hydrogen-bond donors (Lipinski definition) is 0. The summed E-state index contributed by atoms with van der Waals surface area (Å²) in [6.45, 7) is 0.538. The molecule has 1 aromatic heterocycles. The third-order valence-corrected chi connectivity index (χ3v) is 3.48. The summed E-state index contributed by atoms with van der Waals surface area (Å²) < 4.78 is 7.01. The summed E-state index contributed by atoms with van der Waals surface area (Å²) in [4.78, 5) is 13.3. The van der Waals surface area contributed by atoms with E-state index in [0.717, 1.165) is 0 Å². The maximum absolute atomic E-state index is 11.8. The van der Waals surface area contributed by atoms with Crippen LogP contribution in [0, 0.1) is 5.92 Å². The Morgan fingerprint density at radius 2 is 2.22 bits per heavy atom. The van der Waals surface area contributed by atoms with Crippen molar-refractivity contribution in [2.24, 2.45) is 13.0 Å². The van der Waals surface area contributed by atoms with Gasteiger partial charge in [-0.25, -0.2) is 4.79 Å². The summed E-state index contributed by atoms with van der Waals surface area (Å²) >= 11 is 0. The summed E-state index contributed by atoms with van der Waals surface area (Å²) in [6, 6.07) is 1.79. The van der Waals surface area contributed by atoms with Crippen LogP contribution in [0.25, 0.3) is 0 Å². The zero-order valence-corrected chi connectivity index (χ0v) is 11.1. The summed E-state index contributed by atoms with van der Waals surface area (Å²) in [5.41, 5.74) is 0. The Balaban J connectivity index is 1.80.